The molecule has 0 spiro atoms. The van der Waals surface area contributed by atoms with Crippen molar-refractivity contribution in [3.8, 4) is 11.1 Å². The van der Waals surface area contributed by atoms with E-state index in [4.69, 9.17) is 10.2 Å². The summed E-state index contributed by atoms with van der Waals surface area (Å²) in [4.78, 5) is 28.5. The third-order valence-electron chi connectivity index (χ3n) is 9.68. The van der Waals surface area contributed by atoms with Gasteiger partial charge in [-0.25, -0.2) is 14.6 Å². The highest BCUT2D eigenvalue weighted by Gasteiger charge is 2.60. The number of hydrogen-bond acceptors (Lipinski definition) is 7. The van der Waals surface area contributed by atoms with Crippen LogP contribution in [0, 0.1) is 0 Å². The summed E-state index contributed by atoms with van der Waals surface area (Å²) in [6, 6.07) is 46.4. The second-order valence-corrected chi connectivity index (χ2v) is 12.7. The average Bonchev–Trinajstić information content (AvgIpc) is 3.83. The Morgan fingerprint density at radius 2 is 1.19 bits per heavy atom. The van der Waals surface area contributed by atoms with Crippen LogP contribution in [0.15, 0.2) is 160 Å². The maximum absolute atomic E-state index is 12.3. The normalized spacial score (nSPS) is 13.3. The Balaban J connectivity index is 1.39. The van der Waals surface area contributed by atoms with E-state index in [2.05, 4.69) is 51.8 Å². The minimum atomic E-state index is -1.37. The molecule has 10 nitrogen and oxygen atoms in total. The van der Waals surface area contributed by atoms with Crippen molar-refractivity contribution in [1.82, 2.24) is 9.55 Å². The number of aromatic nitrogens is 2. The molecule has 1 aliphatic rings. The molecule has 0 atom stereocenters. The number of aryl methyl sites for hydroxylation is 1. The van der Waals surface area contributed by atoms with Crippen molar-refractivity contribution in [2.24, 2.45) is 20.7 Å². The first-order chi connectivity index (χ1) is 25.4. The first-order valence-electron chi connectivity index (χ1n) is 17.2. The van der Waals surface area contributed by atoms with Crippen LogP contribution in [-0.2, 0) is 24.0 Å². The largest absolute Gasteiger partial charge is 0.476 e. The van der Waals surface area contributed by atoms with Crippen molar-refractivity contribution in [2.45, 2.75) is 43.8 Å². The number of rotatable bonds is 13. The van der Waals surface area contributed by atoms with Crippen LogP contribution >= 0.6 is 0 Å². The van der Waals surface area contributed by atoms with Gasteiger partial charge in [-0.05, 0) is 50.2 Å². The molecule has 0 bridgehead atoms. The van der Waals surface area contributed by atoms with Crippen LogP contribution in [-0.4, -0.2) is 31.7 Å². The third kappa shape index (κ3) is 5.77. The lowest BCUT2D eigenvalue weighted by Gasteiger charge is -2.45. The number of carbonyl (C=O) groups is 2. The lowest BCUT2D eigenvalue weighted by molar-refractivity contribution is 0.0640. The molecule has 2 N–H and O–H groups in total. The summed E-state index contributed by atoms with van der Waals surface area (Å²) in [6.45, 7) is 2.16. The smallest absolute Gasteiger partial charge is 0.357 e. The lowest BCUT2D eigenvalue weighted by Crippen LogP contribution is -2.48. The van der Waals surface area contributed by atoms with Gasteiger partial charge in [-0.15, -0.1) is 10.2 Å². The Kier molecular flexibility index (Phi) is 9.37. The van der Waals surface area contributed by atoms with E-state index in [0.29, 0.717) is 12.2 Å². The first-order valence-corrected chi connectivity index (χ1v) is 17.2. The van der Waals surface area contributed by atoms with Crippen LogP contribution in [0.3, 0.4) is 0 Å². The van der Waals surface area contributed by atoms with Gasteiger partial charge in [0.15, 0.2) is 11.4 Å². The van der Waals surface area contributed by atoms with Gasteiger partial charge in [0, 0.05) is 18.5 Å². The molecule has 10 heteroatoms. The highest BCUT2D eigenvalue weighted by atomic mass is 16.4. The summed E-state index contributed by atoms with van der Waals surface area (Å²) < 4.78 is 1.51. The molecule has 52 heavy (non-hydrogen) atoms. The van der Waals surface area contributed by atoms with E-state index in [1.807, 2.05) is 110 Å². The van der Waals surface area contributed by atoms with Gasteiger partial charge in [0.1, 0.15) is 5.82 Å². The Morgan fingerprint density at radius 3 is 1.69 bits per heavy atom. The summed E-state index contributed by atoms with van der Waals surface area (Å²) in [5, 5.41) is 38.1. The fourth-order valence-corrected chi connectivity index (χ4v) is 7.39. The Bertz CT molecular complexity index is 2160. The van der Waals surface area contributed by atoms with Gasteiger partial charge in [0.05, 0.1) is 5.41 Å². The zero-order valence-corrected chi connectivity index (χ0v) is 28.5. The van der Waals surface area contributed by atoms with Crippen molar-refractivity contribution in [3.05, 3.63) is 185 Å². The van der Waals surface area contributed by atoms with E-state index < -0.39 is 28.7 Å². The number of hydrogen-bond donors (Lipinski definition) is 2. The Morgan fingerprint density at radius 1 is 0.673 bits per heavy atom. The molecule has 1 aromatic heterocycles. The molecule has 258 valence electrons. The summed E-state index contributed by atoms with van der Waals surface area (Å²) in [5.41, 5.74) is 3.08. The van der Waals surface area contributed by atoms with Gasteiger partial charge < -0.3 is 14.8 Å². The molecule has 0 saturated carbocycles. The number of unbranched alkanes of at least 4 members (excludes halogenated alkanes) is 1. The van der Waals surface area contributed by atoms with E-state index in [-0.39, 0.29) is 12.2 Å². The minimum Gasteiger partial charge on any atom is -0.476 e. The van der Waals surface area contributed by atoms with E-state index in [1.54, 1.807) is 0 Å². The minimum absolute atomic E-state index is 0.147. The highest BCUT2D eigenvalue weighted by Crippen LogP contribution is 2.58. The summed E-state index contributed by atoms with van der Waals surface area (Å²) >= 11 is 0. The SMILES string of the molecule is CCCCc1nc(C(=O)O)c(C(=O)O)n1Cc1ccc(-c2ccccc2C2(C(c3ccccc3)(c3ccccc3)c3ccccc3)N=NN=N2)cc1. The van der Waals surface area contributed by atoms with Crippen molar-refractivity contribution >= 4 is 11.9 Å². The molecule has 1 aliphatic heterocycles. The van der Waals surface area contributed by atoms with Gasteiger partial charge in [-0.2, -0.15) is 0 Å². The summed E-state index contributed by atoms with van der Waals surface area (Å²) in [5.74, 6) is -2.26. The van der Waals surface area contributed by atoms with Crippen molar-refractivity contribution in [1.29, 1.82) is 0 Å². The number of carboxylic acid groups (broad SMARTS) is 2. The zero-order valence-electron chi connectivity index (χ0n) is 28.5. The molecule has 0 radical (unpaired) electrons. The second-order valence-electron chi connectivity index (χ2n) is 12.7. The molecule has 5 aromatic carbocycles. The van der Waals surface area contributed by atoms with Gasteiger partial charge in [0.2, 0.25) is 5.66 Å². The van der Waals surface area contributed by atoms with Crippen LogP contribution < -0.4 is 0 Å². The number of benzene rings is 5. The van der Waals surface area contributed by atoms with Gasteiger partial charge in [-0.3, -0.25) is 0 Å². The maximum atomic E-state index is 12.3. The van der Waals surface area contributed by atoms with E-state index in [0.717, 1.165) is 51.8 Å². The Hall–Kier alpha value is -6.55. The lowest BCUT2D eigenvalue weighted by atomic mass is 9.59. The van der Waals surface area contributed by atoms with Gasteiger partial charge >= 0.3 is 11.9 Å². The summed E-state index contributed by atoms with van der Waals surface area (Å²) in [6.07, 6.45) is 2.07. The molecule has 7 rings (SSSR count). The molecule has 0 aliphatic carbocycles. The van der Waals surface area contributed by atoms with Crippen LogP contribution in [0.1, 0.15) is 74.4 Å². The molecule has 2 heterocycles. The Labute approximate surface area is 300 Å². The first kappa shape index (κ1) is 33.9. The molecular formula is C42H36N6O4. The van der Waals surface area contributed by atoms with Crippen LogP contribution in [0.5, 0.6) is 0 Å². The quantitative estimate of drug-likeness (QED) is 0.116. The average molecular weight is 689 g/mol. The van der Waals surface area contributed by atoms with E-state index in [9.17, 15) is 19.8 Å². The zero-order chi connectivity index (χ0) is 36.1. The molecule has 0 fully saturated rings. The standard InChI is InChI=1S/C42H36N6O4/c1-2-3-23-36-43-37(39(49)50)38(40(51)52)48(36)28-29-24-26-30(27-25-29)34-21-13-14-22-35(34)42(44-46-47-45-42)41(31-15-7-4-8-16-31,32-17-9-5-10-18-32)33-19-11-6-12-20-33/h4-22,24-27H,2-3,23,28H2,1H3,(H,49,50)(H,51,52). The topological polar surface area (TPSA) is 142 Å². The van der Waals surface area contributed by atoms with Crippen molar-refractivity contribution < 1.29 is 19.8 Å². The van der Waals surface area contributed by atoms with Crippen molar-refractivity contribution in [3.63, 3.8) is 0 Å². The fourth-order valence-electron chi connectivity index (χ4n) is 7.39. The third-order valence-corrected chi connectivity index (χ3v) is 9.68. The molecular weight excluding hydrogens is 652 g/mol. The summed E-state index contributed by atoms with van der Waals surface area (Å²) in [7, 11) is 0. The predicted octanol–water partition coefficient (Wildman–Crippen LogP) is 9.36. The second kappa shape index (κ2) is 14.4. The van der Waals surface area contributed by atoms with E-state index >= 15 is 0 Å². The predicted molar refractivity (Wildman–Crippen MR) is 196 cm³/mol. The van der Waals surface area contributed by atoms with Crippen LogP contribution in [0.4, 0.5) is 0 Å². The molecule has 6 aromatic rings. The molecule has 0 saturated heterocycles. The number of aromatic carboxylic acids is 2. The monoisotopic (exact) mass is 688 g/mol. The van der Waals surface area contributed by atoms with Crippen LogP contribution in [0.2, 0.25) is 0 Å². The molecule has 0 unspecified atom stereocenters. The van der Waals surface area contributed by atoms with Gasteiger partial charge in [-0.1, -0.05) is 153 Å². The van der Waals surface area contributed by atoms with Crippen molar-refractivity contribution in [2.75, 3.05) is 0 Å². The number of nitrogens with zero attached hydrogens (tertiary/aromatic N) is 6. The number of imidazole rings is 1. The number of carboxylic acids is 2. The highest BCUT2D eigenvalue weighted by molar-refractivity contribution is 5.99. The van der Waals surface area contributed by atoms with E-state index in [1.165, 1.54) is 4.57 Å². The fraction of sp³-hybridized carbons (Fsp3) is 0.167. The van der Waals surface area contributed by atoms with Gasteiger partial charge in [0.25, 0.3) is 0 Å². The molecule has 0 amide bonds. The maximum Gasteiger partial charge on any atom is 0.357 e. The van der Waals surface area contributed by atoms with Crippen LogP contribution in [0.25, 0.3) is 11.1 Å².